The normalized spacial score (nSPS) is 23.1. The van der Waals surface area contributed by atoms with Gasteiger partial charge in [-0.2, -0.15) is 9.98 Å². The average molecular weight is 259 g/mol. The highest BCUT2D eigenvalue weighted by Crippen LogP contribution is 2.45. The lowest BCUT2D eigenvalue weighted by atomic mass is 9.65. The Morgan fingerprint density at radius 1 is 1.21 bits per heavy atom. The lowest BCUT2D eigenvalue weighted by Crippen LogP contribution is -2.41. The van der Waals surface area contributed by atoms with Gasteiger partial charge in [0.05, 0.1) is 11.1 Å². The van der Waals surface area contributed by atoms with Crippen LogP contribution in [0.2, 0.25) is 0 Å². The summed E-state index contributed by atoms with van der Waals surface area (Å²) < 4.78 is 0. The molecule has 0 saturated heterocycles. The molecule has 0 saturated carbocycles. The highest BCUT2D eigenvalue weighted by molar-refractivity contribution is 5.42. The molecule has 1 aliphatic rings. The Balaban J connectivity index is 3.16. The average Bonchev–Trinajstić information content (AvgIpc) is 2.28. The minimum atomic E-state index is -0.675. The van der Waals surface area contributed by atoms with Crippen LogP contribution in [0.4, 0.5) is 0 Å². The maximum Gasteiger partial charge on any atom is 0.235 e. The van der Waals surface area contributed by atoms with E-state index in [-0.39, 0.29) is 0 Å². The van der Waals surface area contributed by atoms with Crippen LogP contribution in [0, 0.1) is 12.3 Å². The summed E-state index contributed by atoms with van der Waals surface area (Å²) in [4.78, 5) is 28.8. The highest BCUT2D eigenvalue weighted by atomic mass is 16.1. The predicted molar refractivity (Wildman–Crippen MR) is 74.0 cm³/mol. The Labute approximate surface area is 114 Å². The van der Waals surface area contributed by atoms with Gasteiger partial charge in [-0.3, -0.25) is 0 Å². The van der Waals surface area contributed by atoms with Crippen molar-refractivity contribution in [3.8, 4) is 0 Å². The van der Waals surface area contributed by atoms with Crippen LogP contribution in [0.15, 0.2) is 33.8 Å². The lowest BCUT2D eigenvalue weighted by Gasteiger charge is -2.42. The first-order chi connectivity index (χ1) is 8.68. The molecule has 0 aromatic rings. The second-order valence-electron chi connectivity index (χ2n) is 5.91. The molecule has 1 unspecified atom stereocenters. The van der Waals surface area contributed by atoms with E-state index < -0.39 is 16.5 Å². The van der Waals surface area contributed by atoms with E-state index in [0.29, 0.717) is 6.42 Å². The fraction of sp³-hybridized carbons (Fsp3) is 0.533. The van der Waals surface area contributed by atoms with Crippen LogP contribution < -0.4 is 0 Å². The fourth-order valence-electron chi connectivity index (χ4n) is 2.06. The van der Waals surface area contributed by atoms with Crippen molar-refractivity contribution >= 4 is 12.2 Å². The Morgan fingerprint density at radius 2 is 1.79 bits per heavy atom. The first-order valence-corrected chi connectivity index (χ1v) is 6.11. The molecular formula is C15H19N2O2. The van der Waals surface area contributed by atoms with Crippen molar-refractivity contribution in [3.63, 3.8) is 0 Å². The number of nitrogens with zero attached hydrogens (tertiary/aromatic N) is 2. The first-order valence-electron chi connectivity index (χ1n) is 6.11. The van der Waals surface area contributed by atoms with E-state index in [2.05, 4.69) is 16.9 Å². The van der Waals surface area contributed by atoms with E-state index in [9.17, 15) is 9.59 Å². The number of aliphatic imine (C=N–C) groups is 2. The number of rotatable bonds is 4. The molecule has 1 aliphatic carbocycles. The monoisotopic (exact) mass is 259 g/mol. The lowest BCUT2D eigenvalue weighted by molar-refractivity contribution is 0.268. The summed E-state index contributed by atoms with van der Waals surface area (Å²) in [5, 5.41) is 0. The van der Waals surface area contributed by atoms with Crippen molar-refractivity contribution in [2.75, 3.05) is 0 Å². The zero-order valence-corrected chi connectivity index (χ0v) is 11.9. The third-order valence-corrected chi connectivity index (χ3v) is 3.87. The molecule has 0 aromatic heterocycles. The highest BCUT2D eigenvalue weighted by Gasteiger charge is 2.43. The molecule has 0 bridgehead atoms. The second kappa shape index (κ2) is 5.08. The largest absolute Gasteiger partial charge is 0.235 e. The Bertz CT molecular complexity index is 516. The molecule has 0 spiro atoms. The molecule has 4 nitrogen and oxygen atoms in total. The smallest absolute Gasteiger partial charge is 0.211 e. The SMILES string of the molecule is [CH2]C1(C(C)(C)N=C=O)C=CC=C(C(C)(C)N=C=O)C1. The summed E-state index contributed by atoms with van der Waals surface area (Å²) in [5.41, 5.74) is -0.908. The van der Waals surface area contributed by atoms with Crippen LogP contribution in [0.3, 0.4) is 0 Å². The third-order valence-electron chi connectivity index (χ3n) is 3.87. The fourth-order valence-corrected chi connectivity index (χ4v) is 2.06. The number of hydrogen-bond acceptors (Lipinski definition) is 4. The molecule has 0 amide bonds. The molecule has 0 aromatic carbocycles. The van der Waals surface area contributed by atoms with Gasteiger partial charge in [0.1, 0.15) is 0 Å². The van der Waals surface area contributed by atoms with Crippen LogP contribution >= 0.6 is 0 Å². The molecule has 1 rings (SSSR count). The topological polar surface area (TPSA) is 58.9 Å². The zero-order valence-electron chi connectivity index (χ0n) is 11.9. The summed E-state index contributed by atoms with van der Waals surface area (Å²) >= 11 is 0. The number of isocyanates is 2. The van der Waals surface area contributed by atoms with E-state index >= 15 is 0 Å². The molecule has 0 aliphatic heterocycles. The van der Waals surface area contributed by atoms with Gasteiger partial charge in [-0.25, -0.2) is 9.59 Å². The molecule has 4 heteroatoms. The van der Waals surface area contributed by atoms with Gasteiger partial charge in [-0.15, -0.1) is 0 Å². The minimum Gasteiger partial charge on any atom is -0.211 e. The van der Waals surface area contributed by atoms with Crippen molar-refractivity contribution < 1.29 is 9.59 Å². The van der Waals surface area contributed by atoms with Crippen LogP contribution in [-0.2, 0) is 9.59 Å². The van der Waals surface area contributed by atoms with Crippen LogP contribution in [0.1, 0.15) is 34.1 Å². The van der Waals surface area contributed by atoms with E-state index in [0.717, 1.165) is 5.57 Å². The van der Waals surface area contributed by atoms with Gasteiger partial charge in [-0.1, -0.05) is 18.2 Å². The number of carbonyl (C=O) groups excluding carboxylic acids is 2. The van der Waals surface area contributed by atoms with Gasteiger partial charge in [-0.05, 0) is 46.6 Å². The summed E-state index contributed by atoms with van der Waals surface area (Å²) in [7, 11) is 0. The quantitative estimate of drug-likeness (QED) is 0.575. The molecule has 0 fully saturated rings. The van der Waals surface area contributed by atoms with E-state index in [4.69, 9.17) is 0 Å². The van der Waals surface area contributed by atoms with Gasteiger partial charge in [0.2, 0.25) is 12.2 Å². The summed E-state index contributed by atoms with van der Waals surface area (Å²) in [6, 6.07) is 0. The molecule has 1 atom stereocenters. The summed E-state index contributed by atoms with van der Waals surface area (Å²) in [6.45, 7) is 11.6. The van der Waals surface area contributed by atoms with E-state index in [1.807, 2.05) is 45.9 Å². The first kappa shape index (κ1) is 15.3. The van der Waals surface area contributed by atoms with Crippen LogP contribution in [0.25, 0.3) is 0 Å². The van der Waals surface area contributed by atoms with Crippen LogP contribution in [0.5, 0.6) is 0 Å². The standard InChI is InChI=1S/C15H19N2O2/c1-13(2,16-10-18)12-7-6-8-15(5,9-12)14(3,4)17-11-19/h6-8H,5,9H2,1-4H3. The Hall–Kier alpha value is -1.76. The van der Waals surface area contributed by atoms with Crippen molar-refractivity contribution in [1.29, 1.82) is 0 Å². The van der Waals surface area contributed by atoms with Crippen molar-refractivity contribution in [1.82, 2.24) is 0 Å². The van der Waals surface area contributed by atoms with Gasteiger partial charge < -0.3 is 0 Å². The summed E-state index contributed by atoms with van der Waals surface area (Å²) in [5.74, 6) is 0. The number of allylic oxidation sites excluding steroid dienone is 2. The van der Waals surface area contributed by atoms with Gasteiger partial charge in [0.15, 0.2) is 0 Å². The minimum absolute atomic E-state index is 0.565. The Morgan fingerprint density at radius 3 is 2.32 bits per heavy atom. The van der Waals surface area contributed by atoms with Crippen molar-refractivity contribution in [3.05, 3.63) is 30.7 Å². The molecule has 0 N–H and O–H groups in total. The molecule has 19 heavy (non-hydrogen) atoms. The third kappa shape index (κ3) is 2.98. The maximum atomic E-state index is 10.6. The maximum absolute atomic E-state index is 10.6. The molecule has 101 valence electrons. The van der Waals surface area contributed by atoms with E-state index in [1.165, 1.54) is 0 Å². The predicted octanol–water partition coefficient (Wildman–Crippen LogP) is 2.92. The Kier molecular flexibility index (Phi) is 4.09. The second-order valence-corrected chi connectivity index (χ2v) is 5.91. The number of hydrogen-bond donors (Lipinski definition) is 0. The molecular weight excluding hydrogens is 240 g/mol. The van der Waals surface area contributed by atoms with Crippen molar-refractivity contribution in [2.24, 2.45) is 15.4 Å². The summed E-state index contributed by atoms with van der Waals surface area (Å²) in [6.07, 6.45) is 9.50. The van der Waals surface area contributed by atoms with E-state index in [1.54, 1.807) is 12.2 Å². The van der Waals surface area contributed by atoms with Crippen LogP contribution in [-0.4, -0.2) is 23.2 Å². The molecule has 1 radical (unpaired) electrons. The van der Waals surface area contributed by atoms with Gasteiger partial charge in [0.25, 0.3) is 0 Å². The van der Waals surface area contributed by atoms with Gasteiger partial charge in [0, 0.05) is 5.41 Å². The zero-order chi connectivity index (χ0) is 14.7. The molecule has 0 heterocycles. The van der Waals surface area contributed by atoms with Gasteiger partial charge >= 0.3 is 0 Å². The van der Waals surface area contributed by atoms with Crippen molar-refractivity contribution in [2.45, 2.75) is 45.2 Å².